The fourth-order valence-corrected chi connectivity index (χ4v) is 2.40. The number of rotatable bonds is 3. The summed E-state index contributed by atoms with van der Waals surface area (Å²) in [5, 5.41) is 11.7. The van der Waals surface area contributed by atoms with Crippen molar-refractivity contribution < 1.29 is 0 Å². The maximum Gasteiger partial charge on any atom is 0.149 e. The van der Waals surface area contributed by atoms with E-state index in [0.29, 0.717) is 6.04 Å². The lowest BCUT2D eigenvalue weighted by Crippen LogP contribution is -2.42. The fraction of sp³-hybridized carbons (Fsp3) is 0.667. The second kappa shape index (κ2) is 5.78. The Bertz CT molecular complexity index is 383. The molecular weight excluding hydrogens is 280 g/mol. The number of likely N-dealkylation sites (N-methyl/N-ethyl adjacent to an activating group) is 1. The molecule has 1 fully saturated rings. The lowest BCUT2D eigenvalue weighted by atomic mass is 10.1. The van der Waals surface area contributed by atoms with Gasteiger partial charge >= 0.3 is 0 Å². The molecule has 1 N–H and O–H groups in total. The monoisotopic (exact) mass is 298 g/mol. The number of hydrogen-bond acceptors (Lipinski definition) is 4. The first-order chi connectivity index (χ1) is 8.19. The Kier molecular flexibility index (Phi) is 4.34. The van der Waals surface area contributed by atoms with Crippen LogP contribution >= 0.6 is 15.9 Å². The Morgan fingerprint density at radius 2 is 2.35 bits per heavy atom. The molecule has 2 rings (SSSR count). The van der Waals surface area contributed by atoms with Gasteiger partial charge in [-0.05, 0) is 60.4 Å². The van der Waals surface area contributed by atoms with E-state index in [1.165, 1.54) is 19.4 Å². The highest BCUT2D eigenvalue weighted by Gasteiger charge is 2.18. The number of anilines is 1. The van der Waals surface area contributed by atoms with Crippen LogP contribution in [0.15, 0.2) is 10.7 Å². The molecule has 1 atom stereocenters. The molecule has 1 aliphatic rings. The summed E-state index contributed by atoms with van der Waals surface area (Å²) in [4.78, 5) is 2.47. The van der Waals surface area contributed by atoms with Crippen LogP contribution in [0.5, 0.6) is 0 Å². The van der Waals surface area contributed by atoms with Crippen LogP contribution in [0.25, 0.3) is 0 Å². The van der Waals surface area contributed by atoms with Gasteiger partial charge in [-0.3, -0.25) is 0 Å². The predicted octanol–water partition coefficient (Wildman–Crippen LogP) is 2.44. The van der Waals surface area contributed by atoms with Crippen LogP contribution in [0.1, 0.15) is 25.3 Å². The van der Waals surface area contributed by atoms with Crippen molar-refractivity contribution in [3.63, 3.8) is 0 Å². The molecule has 0 saturated carbocycles. The summed E-state index contributed by atoms with van der Waals surface area (Å²) in [5.74, 6) is 0.883. The first kappa shape index (κ1) is 12.8. The molecule has 1 aromatic rings. The van der Waals surface area contributed by atoms with Crippen molar-refractivity contribution in [2.75, 3.05) is 25.0 Å². The van der Waals surface area contributed by atoms with Gasteiger partial charge in [-0.2, -0.15) is 0 Å². The molecule has 0 radical (unpaired) electrons. The molecule has 4 nitrogen and oxygen atoms in total. The highest BCUT2D eigenvalue weighted by atomic mass is 79.9. The maximum absolute atomic E-state index is 4.16. The van der Waals surface area contributed by atoms with Gasteiger partial charge in [0.25, 0.3) is 0 Å². The Morgan fingerprint density at radius 1 is 1.53 bits per heavy atom. The normalized spacial score (nSPS) is 21.5. The average molecular weight is 299 g/mol. The van der Waals surface area contributed by atoms with Crippen molar-refractivity contribution in [2.45, 2.75) is 32.7 Å². The number of hydrogen-bond donors (Lipinski definition) is 1. The number of nitrogens with one attached hydrogen (secondary N) is 1. The highest BCUT2D eigenvalue weighted by Crippen LogP contribution is 2.17. The largest absolute Gasteiger partial charge is 0.365 e. The Morgan fingerprint density at radius 3 is 3.06 bits per heavy atom. The van der Waals surface area contributed by atoms with Gasteiger partial charge in [-0.1, -0.05) is 6.92 Å². The van der Waals surface area contributed by atoms with E-state index < -0.39 is 0 Å². The number of aromatic nitrogens is 2. The average Bonchev–Trinajstić information content (AvgIpc) is 2.34. The van der Waals surface area contributed by atoms with Crippen molar-refractivity contribution >= 4 is 21.7 Å². The van der Waals surface area contributed by atoms with Crippen molar-refractivity contribution in [3.8, 4) is 0 Å². The van der Waals surface area contributed by atoms with Crippen molar-refractivity contribution in [1.29, 1.82) is 0 Å². The van der Waals surface area contributed by atoms with Gasteiger partial charge < -0.3 is 10.2 Å². The Hall–Kier alpha value is -0.680. The van der Waals surface area contributed by atoms with Crippen LogP contribution in [0.3, 0.4) is 0 Å². The van der Waals surface area contributed by atoms with Crippen molar-refractivity contribution in [1.82, 2.24) is 15.1 Å². The number of nitrogens with zero attached hydrogens (tertiary/aromatic N) is 3. The summed E-state index contributed by atoms with van der Waals surface area (Å²) in [6, 6.07) is 2.54. The number of likely N-dealkylation sites (tertiary alicyclic amines) is 1. The zero-order valence-corrected chi connectivity index (χ0v) is 12.0. The van der Waals surface area contributed by atoms with Crippen LogP contribution in [-0.2, 0) is 0 Å². The van der Waals surface area contributed by atoms with Crippen LogP contribution in [0, 0.1) is 6.92 Å². The summed E-state index contributed by atoms with van der Waals surface area (Å²) >= 11 is 3.37. The molecule has 2 heterocycles. The summed E-state index contributed by atoms with van der Waals surface area (Å²) in [6.07, 6.45) is 2.47. The molecule has 0 aromatic carbocycles. The first-order valence-corrected chi connectivity index (χ1v) is 6.97. The number of piperidine rings is 1. The third kappa shape index (κ3) is 3.39. The number of aryl methyl sites for hydroxylation is 1. The van der Waals surface area contributed by atoms with E-state index in [1.54, 1.807) is 0 Å². The molecule has 0 spiro atoms. The van der Waals surface area contributed by atoms with E-state index in [9.17, 15) is 0 Å². The van der Waals surface area contributed by atoms with Gasteiger partial charge in [0, 0.05) is 12.6 Å². The van der Waals surface area contributed by atoms with E-state index in [1.807, 2.05) is 13.0 Å². The fourth-order valence-electron chi connectivity index (χ4n) is 2.21. The SMILES string of the molecule is CCN1CCC[C@@H](Nc2cc(C)c(Br)nn2)C1. The van der Waals surface area contributed by atoms with Crippen LogP contribution < -0.4 is 5.32 Å². The summed E-state index contributed by atoms with van der Waals surface area (Å²) in [7, 11) is 0. The standard InChI is InChI=1S/C12H19BrN4/c1-3-17-6-4-5-10(8-17)14-11-7-9(2)12(13)16-15-11/h7,10H,3-6,8H2,1-2H3,(H,14,15)/t10-/m1/s1. The number of halogens is 1. The molecule has 0 bridgehead atoms. The highest BCUT2D eigenvalue weighted by molar-refractivity contribution is 9.10. The first-order valence-electron chi connectivity index (χ1n) is 6.17. The minimum atomic E-state index is 0.499. The summed E-state index contributed by atoms with van der Waals surface area (Å²) in [5.41, 5.74) is 1.12. The molecule has 0 amide bonds. The molecule has 1 saturated heterocycles. The van der Waals surface area contributed by atoms with Crippen LogP contribution in [0.4, 0.5) is 5.82 Å². The molecule has 0 aliphatic carbocycles. The van der Waals surface area contributed by atoms with Gasteiger partial charge in [-0.15, -0.1) is 10.2 Å². The van der Waals surface area contributed by atoms with Crippen molar-refractivity contribution in [3.05, 3.63) is 16.2 Å². The third-order valence-corrected chi connectivity index (χ3v) is 4.01. The topological polar surface area (TPSA) is 41.0 Å². The third-order valence-electron chi connectivity index (χ3n) is 3.23. The molecule has 0 unspecified atom stereocenters. The van der Waals surface area contributed by atoms with E-state index in [4.69, 9.17) is 0 Å². The maximum atomic E-state index is 4.16. The second-order valence-corrected chi connectivity index (χ2v) is 5.33. The molecule has 17 heavy (non-hydrogen) atoms. The molecule has 5 heteroatoms. The van der Waals surface area contributed by atoms with E-state index in [2.05, 4.69) is 43.3 Å². The zero-order valence-electron chi connectivity index (χ0n) is 10.4. The van der Waals surface area contributed by atoms with Crippen molar-refractivity contribution in [2.24, 2.45) is 0 Å². The molecule has 94 valence electrons. The van der Waals surface area contributed by atoms with Crippen LogP contribution in [-0.4, -0.2) is 40.8 Å². The lowest BCUT2D eigenvalue weighted by Gasteiger charge is -2.32. The minimum absolute atomic E-state index is 0.499. The van der Waals surface area contributed by atoms with Gasteiger partial charge in [0.2, 0.25) is 0 Å². The van der Waals surface area contributed by atoms with Gasteiger partial charge in [0.05, 0.1) is 0 Å². The second-order valence-electron chi connectivity index (χ2n) is 4.58. The zero-order chi connectivity index (χ0) is 12.3. The Labute approximate surface area is 111 Å². The van der Waals surface area contributed by atoms with E-state index >= 15 is 0 Å². The predicted molar refractivity (Wildman–Crippen MR) is 73.2 cm³/mol. The molecule has 1 aliphatic heterocycles. The molecular formula is C12H19BrN4. The van der Waals surface area contributed by atoms with Gasteiger partial charge in [-0.25, -0.2) is 0 Å². The van der Waals surface area contributed by atoms with Gasteiger partial charge in [0.1, 0.15) is 10.4 Å². The smallest absolute Gasteiger partial charge is 0.149 e. The minimum Gasteiger partial charge on any atom is -0.365 e. The van der Waals surface area contributed by atoms with E-state index in [-0.39, 0.29) is 0 Å². The Balaban J connectivity index is 1.97. The molecule has 1 aromatic heterocycles. The lowest BCUT2D eigenvalue weighted by molar-refractivity contribution is 0.226. The van der Waals surface area contributed by atoms with Crippen LogP contribution in [0.2, 0.25) is 0 Å². The quantitative estimate of drug-likeness (QED) is 0.931. The van der Waals surface area contributed by atoms with E-state index in [0.717, 1.165) is 29.1 Å². The summed E-state index contributed by atoms with van der Waals surface area (Å²) in [6.45, 7) is 7.70. The van der Waals surface area contributed by atoms with Gasteiger partial charge in [0.15, 0.2) is 0 Å². The summed E-state index contributed by atoms with van der Waals surface area (Å²) < 4.78 is 0.821.